The minimum absolute atomic E-state index is 0.0547. The summed E-state index contributed by atoms with van der Waals surface area (Å²) in [6.07, 6.45) is 1.98. The minimum atomic E-state index is -0.392. The van der Waals surface area contributed by atoms with Gasteiger partial charge in [-0.3, -0.25) is 4.79 Å². The predicted octanol–water partition coefficient (Wildman–Crippen LogP) is 3.67. The Morgan fingerprint density at radius 3 is 2.82 bits per heavy atom. The highest BCUT2D eigenvalue weighted by Crippen LogP contribution is 2.29. The third-order valence-electron chi connectivity index (χ3n) is 4.34. The molecule has 0 bridgehead atoms. The molecule has 0 spiro atoms. The third kappa shape index (κ3) is 4.84. The van der Waals surface area contributed by atoms with Gasteiger partial charge in [-0.1, -0.05) is 38.4 Å². The van der Waals surface area contributed by atoms with Crippen LogP contribution < -0.4 is 9.54 Å². The zero-order chi connectivity index (χ0) is 20.3. The third-order valence-corrected chi connectivity index (χ3v) is 6.09. The van der Waals surface area contributed by atoms with Gasteiger partial charge in [-0.05, 0) is 17.5 Å². The Balaban J connectivity index is 2.00. The molecular formula is C20H25ClN2O4S. The second-order valence-corrected chi connectivity index (χ2v) is 9.00. The highest BCUT2D eigenvalue weighted by Gasteiger charge is 2.22. The molecule has 0 aliphatic carbocycles. The molecule has 3 rings (SSSR count). The van der Waals surface area contributed by atoms with E-state index in [0.29, 0.717) is 47.5 Å². The molecule has 1 fully saturated rings. The van der Waals surface area contributed by atoms with E-state index in [1.54, 1.807) is 18.2 Å². The van der Waals surface area contributed by atoms with E-state index in [-0.39, 0.29) is 11.5 Å². The van der Waals surface area contributed by atoms with Crippen molar-refractivity contribution in [2.75, 3.05) is 26.9 Å². The maximum atomic E-state index is 12.9. The van der Waals surface area contributed by atoms with E-state index >= 15 is 0 Å². The number of thiazole rings is 1. The smallest absolute Gasteiger partial charge is 0.283 e. The van der Waals surface area contributed by atoms with Crippen molar-refractivity contribution in [1.82, 2.24) is 4.57 Å². The molecule has 1 aliphatic rings. The fourth-order valence-electron chi connectivity index (χ4n) is 2.84. The molecule has 1 saturated heterocycles. The largest absolute Gasteiger partial charge is 0.494 e. The van der Waals surface area contributed by atoms with Gasteiger partial charge >= 0.3 is 0 Å². The molecule has 6 nitrogen and oxygen atoms in total. The van der Waals surface area contributed by atoms with Gasteiger partial charge in [-0.25, -0.2) is 0 Å². The molecule has 1 atom stereocenters. The van der Waals surface area contributed by atoms with E-state index in [9.17, 15) is 4.79 Å². The van der Waals surface area contributed by atoms with Crippen LogP contribution in [0.15, 0.2) is 29.4 Å². The van der Waals surface area contributed by atoms with Crippen LogP contribution in [0, 0.1) is 0 Å². The Labute approximate surface area is 173 Å². The molecule has 1 unspecified atom stereocenters. The van der Waals surface area contributed by atoms with E-state index in [1.807, 2.05) is 10.8 Å². The predicted molar refractivity (Wildman–Crippen MR) is 109 cm³/mol. The van der Waals surface area contributed by atoms with Gasteiger partial charge < -0.3 is 18.8 Å². The van der Waals surface area contributed by atoms with Crippen LogP contribution >= 0.6 is 22.9 Å². The standard InChI is InChI=1S/C20H25ClN2O4S/c1-20(2,3)16-11-23(10-13-12-26-8-9-27-13)19(28-16)22-18(24)14-6-5-7-15(21)17(14)25-4/h5-7,11,13H,8-10,12H2,1-4H3. The van der Waals surface area contributed by atoms with Crippen LogP contribution in [-0.4, -0.2) is 43.5 Å². The van der Waals surface area contributed by atoms with Gasteiger partial charge in [-0.15, -0.1) is 11.3 Å². The summed E-state index contributed by atoms with van der Waals surface area (Å²) in [5.74, 6) is -0.0581. The number of ether oxygens (including phenoxy) is 3. The van der Waals surface area contributed by atoms with Crippen molar-refractivity contribution >= 4 is 28.8 Å². The number of carbonyl (C=O) groups is 1. The second kappa shape index (κ2) is 8.78. The van der Waals surface area contributed by atoms with Crippen LogP contribution in [0.3, 0.4) is 0 Å². The van der Waals surface area contributed by atoms with Gasteiger partial charge in [0.25, 0.3) is 5.91 Å². The molecule has 8 heteroatoms. The Morgan fingerprint density at radius 1 is 1.39 bits per heavy atom. The first-order valence-electron chi connectivity index (χ1n) is 9.11. The van der Waals surface area contributed by atoms with Crippen LogP contribution in [0.5, 0.6) is 5.75 Å². The fraction of sp³-hybridized carbons (Fsp3) is 0.500. The second-order valence-electron chi connectivity index (χ2n) is 7.59. The van der Waals surface area contributed by atoms with E-state index in [2.05, 4.69) is 25.8 Å². The number of nitrogens with zero attached hydrogens (tertiary/aromatic N) is 2. The monoisotopic (exact) mass is 424 g/mol. The van der Waals surface area contributed by atoms with Gasteiger partial charge in [0.1, 0.15) is 5.75 Å². The number of rotatable bonds is 4. The number of hydrogen-bond acceptors (Lipinski definition) is 5. The van der Waals surface area contributed by atoms with Gasteiger partial charge in [0.2, 0.25) is 0 Å². The topological polar surface area (TPSA) is 62.0 Å². The van der Waals surface area contributed by atoms with Crippen molar-refractivity contribution in [2.24, 2.45) is 4.99 Å². The molecule has 0 saturated carbocycles. The minimum Gasteiger partial charge on any atom is -0.494 e. The van der Waals surface area contributed by atoms with Gasteiger partial charge in [-0.2, -0.15) is 4.99 Å². The number of benzene rings is 1. The lowest BCUT2D eigenvalue weighted by Crippen LogP contribution is -2.34. The SMILES string of the molecule is COc1c(Cl)cccc1C(=O)N=c1sc(C(C)(C)C)cn1CC1COCCO1. The Kier molecular flexibility index (Phi) is 6.60. The molecule has 1 aliphatic heterocycles. The van der Waals surface area contributed by atoms with Crippen LogP contribution in [0.4, 0.5) is 0 Å². The molecular weight excluding hydrogens is 400 g/mol. The number of amides is 1. The molecule has 28 heavy (non-hydrogen) atoms. The Morgan fingerprint density at radius 2 is 2.18 bits per heavy atom. The van der Waals surface area contributed by atoms with E-state index in [0.717, 1.165) is 4.88 Å². The maximum absolute atomic E-state index is 12.9. The van der Waals surface area contributed by atoms with Crippen LogP contribution in [0.25, 0.3) is 0 Å². The number of methoxy groups -OCH3 is 1. The fourth-order valence-corrected chi connectivity index (χ4v) is 4.15. The molecule has 0 radical (unpaired) electrons. The summed E-state index contributed by atoms with van der Waals surface area (Å²) in [7, 11) is 1.49. The molecule has 2 heterocycles. The number of aromatic nitrogens is 1. The lowest BCUT2D eigenvalue weighted by atomic mass is 9.95. The molecule has 1 amide bonds. The average Bonchev–Trinajstić information content (AvgIpc) is 3.05. The summed E-state index contributed by atoms with van der Waals surface area (Å²) in [5.41, 5.74) is 0.283. The maximum Gasteiger partial charge on any atom is 0.283 e. The summed E-state index contributed by atoms with van der Waals surface area (Å²) in [6.45, 7) is 8.70. The van der Waals surface area contributed by atoms with Crippen LogP contribution in [-0.2, 0) is 21.4 Å². The first kappa shape index (κ1) is 21.0. The van der Waals surface area contributed by atoms with E-state index < -0.39 is 5.91 Å². The lowest BCUT2D eigenvalue weighted by molar-refractivity contribution is -0.0938. The number of hydrogen-bond donors (Lipinski definition) is 0. The van der Waals surface area contributed by atoms with Gasteiger partial charge in [0.05, 0.1) is 50.2 Å². The summed E-state index contributed by atoms with van der Waals surface area (Å²) < 4.78 is 18.5. The first-order valence-corrected chi connectivity index (χ1v) is 10.3. The number of para-hydroxylation sites is 1. The molecule has 1 aromatic heterocycles. The highest BCUT2D eigenvalue weighted by molar-refractivity contribution is 7.09. The lowest BCUT2D eigenvalue weighted by Gasteiger charge is -2.23. The normalized spacial score (nSPS) is 18.3. The number of carbonyl (C=O) groups excluding carboxylic acids is 1. The summed E-state index contributed by atoms with van der Waals surface area (Å²) in [5, 5.41) is 0.380. The highest BCUT2D eigenvalue weighted by atomic mass is 35.5. The van der Waals surface area contributed by atoms with Crippen molar-refractivity contribution in [3.8, 4) is 5.75 Å². The van der Waals surface area contributed by atoms with Crippen molar-refractivity contribution < 1.29 is 19.0 Å². The van der Waals surface area contributed by atoms with Crippen molar-refractivity contribution in [3.63, 3.8) is 0 Å². The Hall–Kier alpha value is -1.67. The van der Waals surface area contributed by atoms with Crippen molar-refractivity contribution in [1.29, 1.82) is 0 Å². The average molecular weight is 425 g/mol. The van der Waals surface area contributed by atoms with Gasteiger partial charge in [0, 0.05) is 11.1 Å². The summed E-state index contributed by atoms with van der Waals surface area (Å²) in [6, 6.07) is 5.06. The Bertz CT molecular complexity index is 908. The summed E-state index contributed by atoms with van der Waals surface area (Å²) in [4.78, 5) is 19.0. The molecule has 152 valence electrons. The zero-order valence-corrected chi connectivity index (χ0v) is 18.1. The molecule has 0 N–H and O–H groups in total. The van der Waals surface area contributed by atoms with Crippen molar-refractivity contribution in [2.45, 2.75) is 38.8 Å². The molecule has 1 aromatic carbocycles. The molecule has 2 aromatic rings. The van der Waals surface area contributed by atoms with Gasteiger partial charge in [0.15, 0.2) is 4.80 Å². The quantitative estimate of drug-likeness (QED) is 0.751. The van der Waals surface area contributed by atoms with E-state index in [4.69, 9.17) is 25.8 Å². The number of halogens is 1. The zero-order valence-electron chi connectivity index (χ0n) is 16.5. The van der Waals surface area contributed by atoms with Crippen LogP contribution in [0.2, 0.25) is 5.02 Å². The van der Waals surface area contributed by atoms with Crippen LogP contribution in [0.1, 0.15) is 36.0 Å². The van der Waals surface area contributed by atoms with Crippen molar-refractivity contribution in [3.05, 3.63) is 44.7 Å². The summed E-state index contributed by atoms with van der Waals surface area (Å²) >= 11 is 7.65. The van der Waals surface area contributed by atoms with E-state index in [1.165, 1.54) is 18.4 Å². The first-order chi connectivity index (χ1) is 13.3.